The van der Waals surface area contributed by atoms with E-state index in [1.807, 2.05) is 50.4 Å². The highest BCUT2D eigenvalue weighted by atomic mass is 32.1. The van der Waals surface area contributed by atoms with E-state index in [4.69, 9.17) is 0 Å². The first-order valence-electron chi connectivity index (χ1n) is 5.96. The van der Waals surface area contributed by atoms with Crippen molar-refractivity contribution in [2.75, 3.05) is 0 Å². The van der Waals surface area contributed by atoms with Gasteiger partial charge in [-0.05, 0) is 43.3 Å². The van der Waals surface area contributed by atoms with Gasteiger partial charge in [0.1, 0.15) is 0 Å². The summed E-state index contributed by atoms with van der Waals surface area (Å²) in [5, 5.41) is 4.99. The number of thiophene rings is 1. The van der Waals surface area contributed by atoms with E-state index in [9.17, 15) is 4.79 Å². The van der Waals surface area contributed by atoms with Crippen molar-refractivity contribution in [2.45, 2.75) is 27.3 Å². The fraction of sp³-hybridized carbons (Fsp3) is 0.267. The topological polar surface area (TPSA) is 29.1 Å². The molecule has 0 fully saturated rings. The number of hydrogen-bond donors (Lipinski definition) is 1. The first-order chi connectivity index (χ1) is 8.58. The van der Waals surface area contributed by atoms with Crippen LogP contribution in [-0.2, 0) is 6.54 Å². The highest BCUT2D eigenvalue weighted by Crippen LogP contribution is 2.16. The molecular formula is C15H17NOS. The first-order valence-corrected chi connectivity index (χ1v) is 6.84. The molecule has 0 aliphatic rings. The van der Waals surface area contributed by atoms with Gasteiger partial charge < -0.3 is 5.32 Å². The smallest absolute Gasteiger partial charge is 0.252 e. The molecule has 1 N–H and O–H groups in total. The predicted molar refractivity (Wildman–Crippen MR) is 76.1 cm³/mol. The number of aryl methyl sites for hydroxylation is 3. The van der Waals surface area contributed by atoms with Gasteiger partial charge in [0.05, 0.1) is 6.54 Å². The maximum atomic E-state index is 12.2. The second kappa shape index (κ2) is 5.36. The summed E-state index contributed by atoms with van der Waals surface area (Å²) in [7, 11) is 0. The lowest BCUT2D eigenvalue weighted by Gasteiger charge is -2.11. The van der Waals surface area contributed by atoms with Crippen LogP contribution in [0.25, 0.3) is 0 Å². The molecule has 0 bridgehead atoms. The summed E-state index contributed by atoms with van der Waals surface area (Å²) < 4.78 is 0. The molecule has 94 valence electrons. The minimum absolute atomic E-state index is 0.0124. The van der Waals surface area contributed by atoms with Gasteiger partial charge in [0.2, 0.25) is 0 Å². The molecular weight excluding hydrogens is 242 g/mol. The second-order valence-corrected chi connectivity index (χ2v) is 5.57. The zero-order valence-corrected chi connectivity index (χ0v) is 11.7. The number of rotatable bonds is 3. The van der Waals surface area contributed by atoms with Gasteiger partial charge in [0.25, 0.3) is 5.91 Å². The number of carbonyl (C=O) groups is 1. The average molecular weight is 259 g/mol. The number of benzene rings is 1. The Bertz CT molecular complexity index is 535. The van der Waals surface area contributed by atoms with Crippen LogP contribution in [0.5, 0.6) is 0 Å². The summed E-state index contributed by atoms with van der Waals surface area (Å²) in [6.45, 7) is 6.62. The third kappa shape index (κ3) is 2.79. The highest BCUT2D eigenvalue weighted by Gasteiger charge is 2.12. The van der Waals surface area contributed by atoms with Crippen molar-refractivity contribution in [3.8, 4) is 0 Å². The molecule has 1 amide bonds. The van der Waals surface area contributed by atoms with Crippen molar-refractivity contribution >= 4 is 17.2 Å². The first kappa shape index (κ1) is 12.8. The Kier molecular flexibility index (Phi) is 3.82. The largest absolute Gasteiger partial charge is 0.347 e. The van der Waals surface area contributed by atoms with Gasteiger partial charge in [0, 0.05) is 10.4 Å². The Morgan fingerprint density at radius 1 is 1.22 bits per heavy atom. The van der Waals surface area contributed by atoms with Crippen LogP contribution >= 0.6 is 11.3 Å². The molecule has 2 aromatic rings. The van der Waals surface area contributed by atoms with Crippen LogP contribution in [0.15, 0.2) is 29.6 Å². The maximum absolute atomic E-state index is 12.2. The van der Waals surface area contributed by atoms with E-state index in [0.717, 1.165) is 16.7 Å². The van der Waals surface area contributed by atoms with Crippen LogP contribution in [0.4, 0.5) is 0 Å². The Labute approximate surface area is 112 Å². The molecule has 0 radical (unpaired) electrons. The lowest BCUT2D eigenvalue weighted by molar-refractivity contribution is 0.0950. The molecule has 1 aromatic heterocycles. The summed E-state index contributed by atoms with van der Waals surface area (Å²) in [4.78, 5) is 13.4. The normalized spacial score (nSPS) is 10.4. The Morgan fingerprint density at radius 3 is 2.44 bits per heavy atom. The second-order valence-electron chi connectivity index (χ2n) is 4.54. The fourth-order valence-electron chi connectivity index (χ4n) is 2.21. The van der Waals surface area contributed by atoms with E-state index in [1.165, 1.54) is 10.4 Å². The zero-order valence-electron chi connectivity index (χ0n) is 10.9. The van der Waals surface area contributed by atoms with E-state index in [1.54, 1.807) is 11.3 Å². The monoisotopic (exact) mass is 259 g/mol. The number of carbonyl (C=O) groups excluding carboxylic acids is 1. The van der Waals surface area contributed by atoms with Crippen molar-refractivity contribution in [3.63, 3.8) is 0 Å². The Hall–Kier alpha value is -1.61. The van der Waals surface area contributed by atoms with Crippen LogP contribution in [-0.4, -0.2) is 5.91 Å². The lowest BCUT2D eigenvalue weighted by atomic mass is 9.99. The van der Waals surface area contributed by atoms with Crippen molar-refractivity contribution < 1.29 is 4.79 Å². The van der Waals surface area contributed by atoms with Crippen LogP contribution in [0.2, 0.25) is 0 Å². The van der Waals surface area contributed by atoms with Gasteiger partial charge in [-0.15, -0.1) is 11.3 Å². The summed E-state index contributed by atoms with van der Waals surface area (Å²) >= 11 is 1.66. The minimum atomic E-state index is 0.0124. The molecule has 0 aliphatic carbocycles. The van der Waals surface area contributed by atoms with E-state index in [0.29, 0.717) is 6.54 Å². The maximum Gasteiger partial charge on any atom is 0.252 e. The summed E-state index contributed by atoms with van der Waals surface area (Å²) in [6.07, 6.45) is 0. The van der Waals surface area contributed by atoms with Crippen LogP contribution in [0.3, 0.4) is 0 Å². The van der Waals surface area contributed by atoms with Crippen LogP contribution in [0, 0.1) is 20.8 Å². The minimum Gasteiger partial charge on any atom is -0.347 e. The SMILES string of the molecule is Cc1cc(C)c(C(=O)NCc2cccs2)c(C)c1. The quantitative estimate of drug-likeness (QED) is 0.896. The summed E-state index contributed by atoms with van der Waals surface area (Å²) in [5.74, 6) is 0.0124. The summed E-state index contributed by atoms with van der Waals surface area (Å²) in [6, 6.07) is 8.12. The lowest BCUT2D eigenvalue weighted by Crippen LogP contribution is -2.24. The van der Waals surface area contributed by atoms with Gasteiger partial charge in [-0.3, -0.25) is 4.79 Å². The third-order valence-corrected chi connectivity index (χ3v) is 3.78. The highest BCUT2D eigenvalue weighted by molar-refractivity contribution is 7.09. The molecule has 0 spiro atoms. The molecule has 0 saturated heterocycles. The predicted octanol–water partition coefficient (Wildman–Crippen LogP) is 3.60. The van der Waals surface area contributed by atoms with E-state index >= 15 is 0 Å². The molecule has 18 heavy (non-hydrogen) atoms. The van der Waals surface area contributed by atoms with Crippen LogP contribution in [0.1, 0.15) is 31.9 Å². The molecule has 0 saturated carbocycles. The molecule has 2 rings (SSSR count). The zero-order chi connectivity index (χ0) is 13.1. The van der Waals surface area contributed by atoms with Crippen LogP contribution < -0.4 is 5.32 Å². The van der Waals surface area contributed by atoms with Gasteiger partial charge in [-0.2, -0.15) is 0 Å². The number of hydrogen-bond acceptors (Lipinski definition) is 2. The molecule has 2 nitrogen and oxygen atoms in total. The fourth-order valence-corrected chi connectivity index (χ4v) is 2.85. The Balaban J connectivity index is 2.14. The van der Waals surface area contributed by atoms with Gasteiger partial charge >= 0.3 is 0 Å². The van der Waals surface area contributed by atoms with Crippen molar-refractivity contribution in [1.29, 1.82) is 0 Å². The summed E-state index contributed by atoms with van der Waals surface area (Å²) in [5.41, 5.74) is 4.07. The molecule has 0 unspecified atom stereocenters. The number of amides is 1. The van der Waals surface area contributed by atoms with E-state index < -0.39 is 0 Å². The average Bonchev–Trinajstić information content (AvgIpc) is 2.77. The molecule has 3 heteroatoms. The van der Waals surface area contributed by atoms with E-state index in [-0.39, 0.29) is 5.91 Å². The standard InChI is InChI=1S/C15H17NOS/c1-10-7-11(2)14(12(3)8-10)15(17)16-9-13-5-4-6-18-13/h4-8H,9H2,1-3H3,(H,16,17). The third-order valence-electron chi connectivity index (χ3n) is 2.91. The van der Waals surface area contributed by atoms with E-state index in [2.05, 4.69) is 5.32 Å². The van der Waals surface area contributed by atoms with Crippen molar-refractivity contribution in [3.05, 3.63) is 56.8 Å². The van der Waals surface area contributed by atoms with Gasteiger partial charge in [-0.25, -0.2) is 0 Å². The van der Waals surface area contributed by atoms with Gasteiger partial charge in [-0.1, -0.05) is 23.8 Å². The van der Waals surface area contributed by atoms with Crippen molar-refractivity contribution in [1.82, 2.24) is 5.32 Å². The Morgan fingerprint density at radius 2 is 1.89 bits per heavy atom. The number of nitrogens with one attached hydrogen (secondary N) is 1. The molecule has 1 aromatic carbocycles. The van der Waals surface area contributed by atoms with Crippen molar-refractivity contribution in [2.24, 2.45) is 0 Å². The molecule has 0 atom stereocenters. The molecule has 1 heterocycles. The molecule has 0 aliphatic heterocycles. The van der Waals surface area contributed by atoms with Gasteiger partial charge in [0.15, 0.2) is 0 Å².